The van der Waals surface area contributed by atoms with Gasteiger partial charge in [-0.25, -0.2) is 10.4 Å². The number of benzene rings is 1. The molecule has 1 heterocycles. The number of hydrazone groups is 1. The zero-order valence-electron chi connectivity index (χ0n) is 12.9. The van der Waals surface area contributed by atoms with Crippen LogP contribution in [0.15, 0.2) is 34.2 Å². The van der Waals surface area contributed by atoms with E-state index in [1.165, 1.54) is 6.07 Å². The Morgan fingerprint density at radius 1 is 1.27 bits per heavy atom. The molecule has 0 aliphatic carbocycles. The molecule has 0 aliphatic rings. The van der Waals surface area contributed by atoms with Gasteiger partial charge in [0.05, 0.1) is 19.9 Å². The SMILES string of the molecule is COc1ccc(/C(C)=N/Nc2nc(C)cc(=O)[nH]2)c(OC)c1. The standard InChI is InChI=1S/C15H18N4O3/c1-9-7-14(20)17-15(16-9)19-18-10(2)12-6-5-11(21-3)8-13(12)22-4/h5-8H,1-4H3,(H2,16,17,19,20)/b18-10+. The quantitative estimate of drug-likeness (QED) is 0.651. The van der Waals surface area contributed by atoms with Crippen molar-refractivity contribution < 1.29 is 9.47 Å². The molecule has 0 radical (unpaired) electrons. The largest absolute Gasteiger partial charge is 0.497 e. The highest BCUT2D eigenvalue weighted by Gasteiger charge is 2.08. The first kappa shape index (κ1) is 15.6. The highest BCUT2D eigenvalue weighted by molar-refractivity contribution is 6.01. The molecule has 0 atom stereocenters. The molecule has 0 saturated carbocycles. The number of hydrogen-bond donors (Lipinski definition) is 2. The van der Waals surface area contributed by atoms with E-state index in [4.69, 9.17) is 9.47 Å². The Bertz CT molecular complexity index is 753. The van der Waals surface area contributed by atoms with Gasteiger partial charge in [0.1, 0.15) is 11.5 Å². The Labute approximate surface area is 128 Å². The van der Waals surface area contributed by atoms with Crippen LogP contribution >= 0.6 is 0 Å². The van der Waals surface area contributed by atoms with Crippen molar-refractivity contribution in [2.45, 2.75) is 13.8 Å². The molecule has 7 heteroatoms. The van der Waals surface area contributed by atoms with E-state index in [0.717, 1.165) is 5.56 Å². The van der Waals surface area contributed by atoms with E-state index in [1.54, 1.807) is 27.2 Å². The summed E-state index contributed by atoms with van der Waals surface area (Å²) in [6, 6.07) is 6.86. The second kappa shape index (κ2) is 6.75. The van der Waals surface area contributed by atoms with Crippen molar-refractivity contribution in [1.29, 1.82) is 0 Å². The average Bonchev–Trinajstić information content (AvgIpc) is 2.51. The summed E-state index contributed by atoms with van der Waals surface area (Å²) in [5.74, 6) is 1.64. The van der Waals surface area contributed by atoms with Gasteiger partial charge in [-0.3, -0.25) is 9.78 Å². The van der Waals surface area contributed by atoms with E-state index in [1.807, 2.05) is 19.1 Å². The van der Waals surface area contributed by atoms with Crippen LogP contribution in [0.25, 0.3) is 0 Å². The van der Waals surface area contributed by atoms with Crippen LogP contribution in [0.2, 0.25) is 0 Å². The number of nitrogens with zero attached hydrogens (tertiary/aromatic N) is 2. The number of rotatable bonds is 5. The molecule has 2 aromatic rings. The third-order valence-electron chi connectivity index (χ3n) is 3.00. The molecule has 1 aromatic carbocycles. The number of hydrogen-bond acceptors (Lipinski definition) is 6. The summed E-state index contributed by atoms with van der Waals surface area (Å²) in [5, 5.41) is 4.22. The van der Waals surface area contributed by atoms with E-state index in [9.17, 15) is 4.79 Å². The summed E-state index contributed by atoms with van der Waals surface area (Å²) in [6.45, 7) is 3.56. The van der Waals surface area contributed by atoms with Crippen LogP contribution in [-0.2, 0) is 0 Å². The molecule has 1 aromatic heterocycles. The first-order chi connectivity index (χ1) is 10.5. The van der Waals surface area contributed by atoms with Crippen molar-refractivity contribution in [1.82, 2.24) is 9.97 Å². The molecule has 0 aliphatic heterocycles. The molecular weight excluding hydrogens is 284 g/mol. The minimum Gasteiger partial charge on any atom is -0.497 e. The third-order valence-corrected chi connectivity index (χ3v) is 3.00. The molecule has 0 fully saturated rings. The Morgan fingerprint density at radius 2 is 2.05 bits per heavy atom. The normalized spacial score (nSPS) is 11.2. The van der Waals surface area contributed by atoms with Gasteiger partial charge in [0.25, 0.3) is 5.56 Å². The molecule has 0 spiro atoms. The van der Waals surface area contributed by atoms with Gasteiger partial charge in [0, 0.05) is 23.4 Å². The van der Waals surface area contributed by atoms with E-state index >= 15 is 0 Å². The Balaban J connectivity index is 2.27. The minimum absolute atomic E-state index is 0.232. The topological polar surface area (TPSA) is 88.6 Å². The predicted molar refractivity (Wildman–Crippen MR) is 85.0 cm³/mol. The molecule has 0 saturated heterocycles. The zero-order valence-corrected chi connectivity index (χ0v) is 12.9. The number of nitrogens with one attached hydrogen (secondary N) is 2. The summed E-state index contributed by atoms with van der Waals surface area (Å²) in [4.78, 5) is 18.1. The molecule has 2 N–H and O–H groups in total. The number of aromatic amines is 1. The Kier molecular flexibility index (Phi) is 4.77. The van der Waals surface area contributed by atoms with E-state index in [0.29, 0.717) is 22.9 Å². The Hall–Kier alpha value is -2.83. The van der Waals surface area contributed by atoms with E-state index in [2.05, 4.69) is 20.5 Å². The fourth-order valence-electron chi connectivity index (χ4n) is 1.93. The number of methoxy groups -OCH3 is 2. The summed E-state index contributed by atoms with van der Waals surface area (Å²) < 4.78 is 10.5. The van der Waals surface area contributed by atoms with Crippen molar-refractivity contribution in [2.24, 2.45) is 5.10 Å². The molecule has 2 rings (SSSR count). The lowest BCUT2D eigenvalue weighted by Gasteiger charge is -2.10. The van der Waals surface area contributed by atoms with Crippen LogP contribution in [0.4, 0.5) is 5.95 Å². The lowest BCUT2D eigenvalue weighted by Crippen LogP contribution is -2.11. The number of aromatic nitrogens is 2. The number of ether oxygens (including phenoxy) is 2. The van der Waals surface area contributed by atoms with E-state index < -0.39 is 0 Å². The molecular formula is C15H18N4O3. The predicted octanol–water partition coefficient (Wildman–Crippen LogP) is 1.93. The van der Waals surface area contributed by atoms with Crippen LogP contribution in [0.3, 0.4) is 0 Å². The maximum Gasteiger partial charge on any atom is 0.252 e. The van der Waals surface area contributed by atoms with Crippen LogP contribution in [0.5, 0.6) is 11.5 Å². The van der Waals surface area contributed by atoms with Crippen LogP contribution < -0.4 is 20.5 Å². The van der Waals surface area contributed by atoms with Gasteiger partial charge in [-0.05, 0) is 26.0 Å². The van der Waals surface area contributed by atoms with E-state index in [-0.39, 0.29) is 11.5 Å². The lowest BCUT2D eigenvalue weighted by molar-refractivity contribution is 0.394. The molecule has 116 valence electrons. The van der Waals surface area contributed by atoms with Gasteiger partial charge < -0.3 is 9.47 Å². The third kappa shape index (κ3) is 3.63. The fraction of sp³-hybridized carbons (Fsp3) is 0.267. The first-order valence-electron chi connectivity index (χ1n) is 6.64. The minimum atomic E-state index is -0.232. The van der Waals surface area contributed by atoms with Gasteiger partial charge in [-0.1, -0.05) is 0 Å². The summed E-state index contributed by atoms with van der Waals surface area (Å²) in [7, 11) is 3.18. The average molecular weight is 302 g/mol. The summed E-state index contributed by atoms with van der Waals surface area (Å²) in [5.41, 5.74) is 4.61. The first-order valence-corrected chi connectivity index (χ1v) is 6.64. The van der Waals surface area contributed by atoms with Gasteiger partial charge in [0.15, 0.2) is 0 Å². The number of H-pyrrole nitrogens is 1. The van der Waals surface area contributed by atoms with Gasteiger partial charge in [-0.2, -0.15) is 5.10 Å². The second-order valence-corrected chi connectivity index (χ2v) is 4.61. The van der Waals surface area contributed by atoms with Gasteiger partial charge >= 0.3 is 0 Å². The monoisotopic (exact) mass is 302 g/mol. The highest BCUT2D eigenvalue weighted by atomic mass is 16.5. The highest BCUT2D eigenvalue weighted by Crippen LogP contribution is 2.25. The Morgan fingerprint density at radius 3 is 2.68 bits per heavy atom. The summed E-state index contributed by atoms with van der Waals surface area (Å²) in [6.07, 6.45) is 0. The van der Waals surface area contributed by atoms with Crippen LogP contribution in [0, 0.1) is 6.92 Å². The lowest BCUT2D eigenvalue weighted by atomic mass is 10.1. The molecule has 0 unspecified atom stereocenters. The molecule has 0 bridgehead atoms. The maximum absolute atomic E-state index is 11.4. The summed E-state index contributed by atoms with van der Waals surface area (Å²) >= 11 is 0. The van der Waals surface area contributed by atoms with Crippen LogP contribution in [-0.4, -0.2) is 29.9 Å². The maximum atomic E-state index is 11.4. The zero-order chi connectivity index (χ0) is 16.1. The van der Waals surface area contributed by atoms with Crippen LogP contribution in [0.1, 0.15) is 18.2 Å². The smallest absolute Gasteiger partial charge is 0.252 e. The fourth-order valence-corrected chi connectivity index (χ4v) is 1.93. The molecule has 7 nitrogen and oxygen atoms in total. The van der Waals surface area contributed by atoms with Gasteiger partial charge in [-0.15, -0.1) is 0 Å². The van der Waals surface area contributed by atoms with Crippen molar-refractivity contribution in [2.75, 3.05) is 19.6 Å². The van der Waals surface area contributed by atoms with Crippen molar-refractivity contribution in [3.63, 3.8) is 0 Å². The molecule has 22 heavy (non-hydrogen) atoms. The number of anilines is 1. The van der Waals surface area contributed by atoms with Crippen molar-refractivity contribution in [3.05, 3.63) is 45.9 Å². The number of aryl methyl sites for hydroxylation is 1. The second-order valence-electron chi connectivity index (χ2n) is 4.61. The van der Waals surface area contributed by atoms with Gasteiger partial charge in [0.2, 0.25) is 5.95 Å². The van der Waals surface area contributed by atoms with Crippen molar-refractivity contribution in [3.8, 4) is 11.5 Å². The molecule has 0 amide bonds. The van der Waals surface area contributed by atoms with Crippen molar-refractivity contribution >= 4 is 11.7 Å².